The summed E-state index contributed by atoms with van der Waals surface area (Å²) in [6.07, 6.45) is 1.78. The van der Waals surface area contributed by atoms with Gasteiger partial charge in [0, 0.05) is 16.5 Å². The smallest absolute Gasteiger partial charge is 0.190 e. The molecule has 4 rings (SSSR count). The Bertz CT molecular complexity index is 927. The van der Waals surface area contributed by atoms with Gasteiger partial charge in [0.2, 0.25) is 0 Å². The molecule has 0 saturated carbocycles. The predicted octanol–water partition coefficient (Wildman–Crippen LogP) is 5.64. The molecular formula is C22H18O. The molecule has 0 bridgehead atoms. The summed E-state index contributed by atoms with van der Waals surface area (Å²) < 4.78 is 0. The number of hydrogen-bond donors (Lipinski definition) is 0. The maximum Gasteiger partial charge on any atom is 0.190 e. The van der Waals surface area contributed by atoms with Gasteiger partial charge < -0.3 is 0 Å². The van der Waals surface area contributed by atoms with Crippen LogP contribution in [0.3, 0.4) is 0 Å². The van der Waals surface area contributed by atoms with Crippen LogP contribution in [0.4, 0.5) is 0 Å². The zero-order chi connectivity index (χ0) is 15.8. The van der Waals surface area contributed by atoms with Gasteiger partial charge >= 0.3 is 0 Å². The van der Waals surface area contributed by atoms with Gasteiger partial charge in [-0.2, -0.15) is 0 Å². The molecule has 0 amide bonds. The standard InChI is InChI=1S/C22H18O/c1-2-8-18-20(15-9-4-3-5-10-15)17-13-6-11-16-12-7-14-19(21(16)17)22(18)23/h3-7,9-14H,2,8H2,1H3. The number of carbonyl (C=O) groups excluding carboxylic acids is 1. The van der Waals surface area contributed by atoms with Crippen LogP contribution >= 0.6 is 0 Å². The monoisotopic (exact) mass is 298 g/mol. The van der Waals surface area contributed by atoms with Crippen molar-refractivity contribution in [1.82, 2.24) is 0 Å². The summed E-state index contributed by atoms with van der Waals surface area (Å²) >= 11 is 0. The molecule has 1 nitrogen and oxygen atoms in total. The van der Waals surface area contributed by atoms with E-state index in [1.165, 1.54) is 5.56 Å². The molecule has 23 heavy (non-hydrogen) atoms. The number of rotatable bonds is 3. The molecule has 0 saturated heterocycles. The quantitative estimate of drug-likeness (QED) is 0.611. The van der Waals surface area contributed by atoms with Crippen molar-refractivity contribution in [2.45, 2.75) is 19.8 Å². The van der Waals surface area contributed by atoms with Crippen LogP contribution in [0, 0.1) is 0 Å². The zero-order valence-electron chi connectivity index (χ0n) is 13.2. The molecule has 0 spiro atoms. The molecule has 0 N–H and O–H groups in total. The Hall–Kier alpha value is -2.67. The summed E-state index contributed by atoms with van der Waals surface area (Å²) in [7, 11) is 0. The van der Waals surface area contributed by atoms with Crippen molar-refractivity contribution >= 4 is 22.1 Å². The average molecular weight is 298 g/mol. The van der Waals surface area contributed by atoms with Gasteiger partial charge in [-0.3, -0.25) is 4.79 Å². The topological polar surface area (TPSA) is 17.1 Å². The van der Waals surface area contributed by atoms with Crippen molar-refractivity contribution < 1.29 is 4.79 Å². The highest BCUT2D eigenvalue weighted by Gasteiger charge is 2.27. The van der Waals surface area contributed by atoms with E-state index in [4.69, 9.17) is 0 Å². The lowest BCUT2D eigenvalue weighted by atomic mass is 9.79. The fraction of sp³-hybridized carbons (Fsp3) is 0.136. The first kappa shape index (κ1) is 14.0. The lowest BCUT2D eigenvalue weighted by Crippen LogP contribution is -2.13. The molecule has 0 unspecified atom stereocenters. The SMILES string of the molecule is CCCC1=C(c2ccccc2)c2cccc3cccc(c23)C1=O. The van der Waals surface area contributed by atoms with E-state index in [9.17, 15) is 4.79 Å². The van der Waals surface area contributed by atoms with Gasteiger partial charge in [0.05, 0.1) is 0 Å². The fourth-order valence-electron chi connectivity index (χ4n) is 3.60. The third-order valence-electron chi connectivity index (χ3n) is 4.56. The number of allylic oxidation sites excluding steroid dienone is 1. The van der Waals surface area contributed by atoms with Gasteiger partial charge in [-0.1, -0.05) is 80.1 Å². The van der Waals surface area contributed by atoms with E-state index < -0.39 is 0 Å². The van der Waals surface area contributed by atoms with Crippen LogP contribution in [0.1, 0.15) is 41.3 Å². The molecule has 3 aromatic carbocycles. The van der Waals surface area contributed by atoms with Crippen LogP contribution in [0.15, 0.2) is 72.3 Å². The average Bonchev–Trinajstić information content (AvgIpc) is 2.60. The molecule has 3 aromatic rings. The van der Waals surface area contributed by atoms with Crippen molar-refractivity contribution in [3.63, 3.8) is 0 Å². The molecule has 0 heterocycles. The Morgan fingerprint density at radius 1 is 0.783 bits per heavy atom. The van der Waals surface area contributed by atoms with E-state index >= 15 is 0 Å². The molecule has 1 aliphatic rings. The Labute approximate surface area is 136 Å². The normalized spacial score (nSPS) is 13.7. The fourth-order valence-corrected chi connectivity index (χ4v) is 3.60. The van der Waals surface area contributed by atoms with Crippen molar-refractivity contribution in [2.75, 3.05) is 0 Å². The molecular weight excluding hydrogens is 280 g/mol. The summed E-state index contributed by atoms with van der Waals surface area (Å²) in [5, 5.41) is 2.23. The van der Waals surface area contributed by atoms with E-state index in [0.29, 0.717) is 0 Å². The number of benzene rings is 3. The van der Waals surface area contributed by atoms with Crippen LogP contribution in [0.5, 0.6) is 0 Å². The van der Waals surface area contributed by atoms with Crippen molar-refractivity contribution in [3.8, 4) is 0 Å². The Balaban J connectivity index is 2.12. The predicted molar refractivity (Wildman–Crippen MR) is 95.7 cm³/mol. The summed E-state index contributed by atoms with van der Waals surface area (Å²) in [6, 6.07) is 22.7. The maximum absolute atomic E-state index is 13.1. The lowest BCUT2D eigenvalue weighted by Gasteiger charge is -2.23. The van der Waals surface area contributed by atoms with Crippen LogP contribution < -0.4 is 0 Å². The van der Waals surface area contributed by atoms with E-state index in [1.807, 2.05) is 30.3 Å². The Morgan fingerprint density at radius 2 is 1.48 bits per heavy atom. The molecule has 0 aliphatic heterocycles. The summed E-state index contributed by atoms with van der Waals surface area (Å²) in [5.74, 6) is 0.190. The molecule has 0 radical (unpaired) electrons. The largest absolute Gasteiger partial charge is 0.289 e. The summed E-state index contributed by atoms with van der Waals surface area (Å²) in [4.78, 5) is 13.1. The van der Waals surface area contributed by atoms with Crippen molar-refractivity contribution in [2.24, 2.45) is 0 Å². The van der Waals surface area contributed by atoms with E-state index in [0.717, 1.165) is 45.9 Å². The van der Waals surface area contributed by atoms with E-state index in [2.05, 4.69) is 43.3 Å². The minimum atomic E-state index is 0.190. The third kappa shape index (κ3) is 2.12. The molecule has 0 aromatic heterocycles. The summed E-state index contributed by atoms with van der Waals surface area (Å²) in [6.45, 7) is 2.13. The Kier molecular flexibility index (Phi) is 3.34. The minimum absolute atomic E-state index is 0.190. The zero-order valence-corrected chi connectivity index (χ0v) is 13.2. The molecule has 112 valence electrons. The number of hydrogen-bond acceptors (Lipinski definition) is 1. The molecule has 0 atom stereocenters. The minimum Gasteiger partial charge on any atom is -0.289 e. The van der Waals surface area contributed by atoms with Crippen LogP contribution in [-0.4, -0.2) is 5.78 Å². The number of ketones is 1. The number of Topliss-reactive ketones (excluding diaryl/α,β-unsaturated/α-hetero) is 1. The second kappa shape index (κ2) is 5.51. The first-order valence-electron chi connectivity index (χ1n) is 8.16. The highest BCUT2D eigenvalue weighted by atomic mass is 16.1. The first-order chi connectivity index (χ1) is 11.3. The van der Waals surface area contributed by atoms with E-state index in [-0.39, 0.29) is 5.78 Å². The summed E-state index contributed by atoms with van der Waals surface area (Å²) in [5.41, 5.74) is 5.23. The third-order valence-corrected chi connectivity index (χ3v) is 4.56. The first-order valence-corrected chi connectivity index (χ1v) is 8.16. The lowest BCUT2D eigenvalue weighted by molar-refractivity contribution is 0.103. The van der Waals surface area contributed by atoms with Gasteiger partial charge in [0.15, 0.2) is 5.78 Å². The van der Waals surface area contributed by atoms with E-state index in [1.54, 1.807) is 0 Å². The van der Waals surface area contributed by atoms with Crippen LogP contribution in [0.2, 0.25) is 0 Å². The highest BCUT2D eigenvalue weighted by Crippen LogP contribution is 2.40. The second-order valence-corrected chi connectivity index (χ2v) is 6.01. The van der Waals surface area contributed by atoms with Gasteiger partial charge in [-0.15, -0.1) is 0 Å². The highest BCUT2D eigenvalue weighted by molar-refractivity contribution is 6.26. The second-order valence-electron chi connectivity index (χ2n) is 6.01. The Morgan fingerprint density at radius 3 is 2.17 bits per heavy atom. The van der Waals surface area contributed by atoms with Crippen molar-refractivity contribution in [1.29, 1.82) is 0 Å². The maximum atomic E-state index is 13.1. The van der Waals surface area contributed by atoms with Gasteiger partial charge in [0.25, 0.3) is 0 Å². The molecule has 0 fully saturated rings. The van der Waals surface area contributed by atoms with Crippen LogP contribution in [0.25, 0.3) is 16.3 Å². The number of carbonyl (C=O) groups is 1. The van der Waals surface area contributed by atoms with Crippen molar-refractivity contribution in [3.05, 3.63) is 89.0 Å². The van der Waals surface area contributed by atoms with Gasteiger partial charge in [0.1, 0.15) is 0 Å². The molecule has 1 aliphatic carbocycles. The van der Waals surface area contributed by atoms with Crippen LogP contribution in [-0.2, 0) is 0 Å². The van der Waals surface area contributed by atoms with Gasteiger partial charge in [-0.05, 0) is 28.5 Å². The molecule has 1 heteroatoms. The van der Waals surface area contributed by atoms with Gasteiger partial charge in [-0.25, -0.2) is 0 Å².